The van der Waals surface area contributed by atoms with Gasteiger partial charge in [-0.25, -0.2) is 9.97 Å². The van der Waals surface area contributed by atoms with Gasteiger partial charge in [0.25, 0.3) is 0 Å². The average Bonchev–Trinajstić information content (AvgIpc) is 2.75. The predicted octanol–water partition coefficient (Wildman–Crippen LogP) is 4.38. The molecule has 2 heterocycles. The number of furan rings is 1. The molecule has 0 aliphatic heterocycles. The lowest BCUT2D eigenvalue weighted by molar-refractivity contribution is 0.525. The molecule has 0 spiro atoms. The summed E-state index contributed by atoms with van der Waals surface area (Å²) in [6, 6.07) is 3.83. The van der Waals surface area contributed by atoms with Crippen molar-refractivity contribution in [1.29, 1.82) is 0 Å². The van der Waals surface area contributed by atoms with Gasteiger partial charge in [0.15, 0.2) is 11.6 Å². The number of halogens is 1. The Bertz CT molecular complexity index is 538. The van der Waals surface area contributed by atoms with E-state index >= 15 is 0 Å². The van der Waals surface area contributed by atoms with Crippen molar-refractivity contribution in [2.24, 2.45) is 0 Å². The van der Waals surface area contributed by atoms with Crippen molar-refractivity contribution in [3.63, 3.8) is 0 Å². The van der Waals surface area contributed by atoms with Crippen molar-refractivity contribution >= 4 is 11.6 Å². The van der Waals surface area contributed by atoms with Crippen LogP contribution in [0.3, 0.4) is 0 Å². The molecule has 0 saturated carbocycles. The summed E-state index contributed by atoms with van der Waals surface area (Å²) in [4.78, 5) is 8.82. The standard InChI is InChI=1S/C14H17ClN2O/c1-5-10-6-7-11(18-10)14-16-9(4)12(8(2)3)13(15)17-14/h6-8H,5H2,1-4H3. The van der Waals surface area contributed by atoms with Crippen LogP contribution in [0.2, 0.25) is 5.15 Å². The van der Waals surface area contributed by atoms with Gasteiger partial charge in [0.2, 0.25) is 0 Å². The van der Waals surface area contributed by atoms with Crippen molar-refractivity contribution in [1.82, 2.24) is 9.97 Å². The van der Waals surface area contributed by atoms with E-state index in [0.29, 0.717) is 22.7 Å². The summed E-state index contributed by atoms with van der Waals surface area (Å²) in [6.07, 6.45) is 0.858. The average molecular weight is 265 g/mol. The molecule has 0 fully saturated rings. The van der Waals surface area contributed by atoms with Gasteiger partial charge in [0.1, 0.15) is 10.9 Å². The second-order valence-electron chi connectivity index (χ2n) is 4.61. The van der Waals surface area contributed by atoms with Gasteiger partial charge in [0.05, 0.1) is 0 Å². The summed E-state index contributed by atoms with van der Waals surface area (Å²) in [5.74, 6) is 2.47. The fourth-order valence-electron chi connectivity index (χ4n) is 2.00. The molecule has 0 aliphatic carbocycles. The maximum absolute atomic E-state index is 6.23. The van der Waals surface area contributed by atoms with Crippen LogP contribution >= 0.6 is 11.6 Å². The zero-order chi connectivity index (χ0) is 13.3. The molecule has 2 aromatic heterocycles. The van der Waals surface area contributed by atoms with Gasteiger partial charge in [-0.2, -0.15) is 0 Å². The maximum atomic E-state index is 6.23. The molecule has 0 saturated heterocycles. The molecule has 4 heteroatoms. The normalized spacial score (nSPS) is 11.2. The fraction of sp³-hybridized carbons (Fsp3) is 0.429. The highest BCUT2D eigenvalue weighted by molar-refractivity contribution is 6.30. The monoisotopic (exact) mass is 264 g/mol. The van der Waals surface area contributed by atoms with Gasteiger partial charge in [0, 0.05) is 17.7 Å². The van der Waals surface area contributed by atoms with Gasteiger partial charge in [-0.1, -0.05) is 32.4 Å². The van der Waals surface area contributed by atoms with Crippen LogP contribution in [-0.2, 0) is 6.42 Å². The van der Waals surface area contributed by atoms with Crippen LogP contribution in [0, 0.1) is 6.92 Å². The zero-order valence-electron chi connectivity index (χ0n) is 11.1. The molecule has 0 bridgehead atoms. The van der Waals surface area contributed by atoms with Gasteiger partial charge >= 0.3 is 0 Å². The van der Waals surface area contributed by atoms with Crippen molar-refractivity contribution in [2.45, 2.75) is 40.0 Å². The highest BCUT2D eigenvalue weighted by atomic mass is 35.5. The quantitative estimate of drug-likeness (QED) is 0.772. The Labute approximate surface area is 112 Å². The molecule has 96 valence electrons. The van der Waals surface area contributed by atoms with Gasteiger partial charge in [-0.15, -0.1) is 0 Å². The topological polar surface area (TPSA) is 38.9 Å². The highest BCUT2D eigenvalue weighted by Crippen LogP contribution is 2.28. The lowest BCUT2D eigenvalue weighted by atomic mass is 10.0. The molecule has 0 atom stereocenters. The lowest BCUT2D eigenvalue weighted by Gasteiger charge is -2.11. The molecule has 0 radical (unpaired) electrons. The van der Waals surface area contributed by atoms with E-state index in [1.54, 1.807) is 0 Å². The number of aromatic nitrogens is 2. The molecule has 3 nitrogen and oxygen atoms in total. The Hall–Kier alpha value is -1.35. The minimum absolute atomic E-state index is 0.314. The van der Waals surface area contributed by atoms with E-state index in [1.165, 1.54) is 0 Å². The number of hydrogen-bond donors (Lipinski definition) is 0. The van der Waals surface area contributed by atoms with Crippen LogP contribution in [0.15, 0.2) is 16.5 Å². The predicted molar refractivity (Wildman–Crippen MR) is 72.9 cm³/mol. The minimum atomic E-state index is 0.314. The van der Waals surface area contributed by atoms with Crippen LogP contribution in [0.25, 0.3) is 11.6 Å². The third-order valence-electron chi connectivity index (χ3n) is 2.90. The van der Waals surface area contributed by atoms with Crippen molar-refractivity contribution in [3.05, 3.63) is 34.3 Å². The molecule has 2 rings (SSSR count). The van der Waals surface area contributed by atoms with E-state index in [1.807, 2.05) is 26.0 Å². The van der Waals surface area contributed by atoms with E-state index < -0.39 is 0 Å². The van der Waals surface area contributed by atoms with Crippen molar-refractivity contribution in [3.8, 4) is 11.6 Å². The Kier molecular flexibility index (Phi) is 3.71. The molecule has 0 N–H and O–H groups in total. The van der Waals surface area contributed by atoms with Crippen LogP contribution in [-0.4, -0.2) is 9.97 Å². The van der Waals surface area contributed by atoms with Crippen LogP contribution < -0.4 is 0 Å². The Morgan fingerprint density at radius 1 is 1.28 bits per heavy atom. The molecule has 0 aliphatic rings. The summed E-state index contributed by atoms with van der Waals surface area (Å²) in [5, 5.41) is 0.516. The smallest absolute Gasteiger partial charge is 0.197 e. The third-order valence-corrected chi connectivity index (χ3v) is 3.19. The Balaban J connectivity index is 2.47. The van der Waals surface area contributed by atoms with Gasteiger partial charge < -0.3 is 4.42 Å². The summed E-state index contributed by atoms with van der Waals surface area (Å²) in [7, 11) is 0. The molecule has 18 heavy (non-hydrogen) atoms. The number of aryl methyl sites for hydroxylation is 2. The summed E-state index contributed by atoms with van der Waals surface area (Å²) < 4.78 is 5.65. The van der Waals surface area contributed by atoms with Crippen LogP contribution in [0.1, 0.15) is 43.7 Å². The third kappa shape index (κ3) is 2.41. The molecular weight excluding hydrogens is 248 g/mol. The first-order chi connectivity index (χ1) is 8.52. The minimum Gasteiger partial charge on any atom is -0.458 e. The molecular formula is C14H17ClN2O. The fourth-order valence-corrected chi connectivity index (χ4v) is 2.44. The highest BCUT2D eigenvalue weighted by Gasteiger charge is 2.15. The number of nitrogens with zero attached hydrogens (tertiary/aromatic N) is 2. The number of hydrogen-bond acceptors (Lipinski definition) is 3. The van der Waals surface area contributed by atoms with Crippen molar-refractivity contribution in [2.75, 3.05) is 0 Å². The first-order valence-electron chi connectivity index (χ1n) is 6.16. The second-order valence-corrected chi connectivity index (χ2v) is 4.97. The number of rotatable bonds is 3. The Morgan fingerprint density at radius 3 is 2.50 bits per heavy atom. The first-order valence-corrected chi connectivity index (χ1v) is 6.53. The zero-order valence-corrected chi connectivity index (χ0v) is 11.9. The van der Waals surface area contributed by atoms with Crippen molar-refractivity contribution < 1.29 is 4.42 Å². The maximum Gasteiger partial charge on any atom is 0.197 e. The molecule has 0 unspecified atom stereocenters. The summed E-state index contributed by atoms with van der Waals surface area (Å²) in [6.45, 7) is 8.16. The summed E-state index contributed by atoms with van der Waals surface area (Å²) >= 11 is 6.23. The molecule has 0 aromatic carbocycles. The SMILES string of the molecule is CCc1ccc(-c2nc(C)c(C(C)C)c(Cl)n2)o1. The van der Waals surface area contributed by atoms with Crippen LogP contribution in [0.5, 0.6) is 0 Å². The van der Waals surface area contributed by atoms with E-state index in [4.69, 9.17) is 16.0 Å². The van der Waals surface area contributed by atoms with E-state index in [2.05, 4.69) is 23.8 Å². The van der Waals surface area contributed by atoms with E-state index in [0.717, 1.165) is 23.4 Å². The summed E-state index contributed by atoms with van der Waals surface area (Å²) in [5.41, 5.74) is 1.91. The van der Waals surface area contributed by atoms with Gasteiger partial charge in [-0.3, -0.25) is 0 Å². The second kappa shape index (κ2) is 5.11. The lowest BCUT2D eigenvalue weighted by Crippen LogP contribution is -2.01. The molecule has 0 amide bonds. The van der Waals surface area contributed by atoms with E-state index in [-0.39, 0.29) is 0 Å². The molecule has 2 aromatic rings. The first kappa shape index (κ1) is 13.1. The van der Waals surface area contributed by atoms with Crippen LogP contribution in [0.4, 0.5) is 0 Å². The van der Waals surface area contributed by atoms with Gasteiger partial charge in [-0.05, 0) is 25.0 Å². The Morgan fingerprint density at radius 2 is 2.00 bits per heavy atom. The largest absolute Gasteiger partial charge is 0.458 e. The van der Waals surface area contributed by atoms with E-state index in [9.17, 15) is 0 Å².